The molecule has 6 heteroatoms. The van der Waals surface area contributed by atoms with Gasteiger partial charge in [0.15, 0.2) is 5.82 Å². The number of halogens is 3. The van der Waals surface area contributed by atoms with Crippen molar-refractivity contribution < 1.29 is 4.39 Å². The maximum Gasteiger partial charge on any atom is 0.174 e. The predicted molar refractivity (Wildman–Crippen MR) is 87.9 cm³/mol. The van der Waals surface area contributed by atoms with Gasteiger partial charge in [0.25, 0.3) is 0 Å². The van der Waals surface area contributed by atoms with Crippen molar-refractivity contribution in [1.29, 1.82) is 0 Å². The summed E-state index contributed by atoms with van der Waals surface area (Å²) in [5.41, 5.74) is 2.95. The van der Waals surface area contributed by atoms with Gasteiger partial charge >= 0.3 is 0 Å². The fraction of sp³-hybridized carbons (Fsp3) is 0.133. The highest BCUT2D eigenvalue weighted by Crippen LogP contribution is 2.33. The number of aromatic nitrogens is 2. The summed E-state index contributed by atoms with van der Waals surface area (Å²) in [6, 6.07) is 7.33. The molecule has 21 heavy (non-hydrogen) atoms. The van der Waals surface area contributed by atoms with Gasteiger partial charge in [-0.05, 0) is 36.2 Å². The van der Waals surface area contributed by atoms with E-state index in [9.17, 15) is 4.39 Å². The fourth-order valence-electron chi connectivity index (χ4n) is 2.23. The largest absolute Gasteiger partial charge is 0.352 e. The maximum absolute atomic E-state index is 14.6. The number of nitrogens with zero attached hydrogens (tertiary/aromatic N) is 1. The summed E-state index contributed by atoms with van der Waals surface area (Å²) < 4.78 is 15.5. The number of anilines is 2. The molecule has 0 saturated heterocycles. The molecule has 0 fully saturated rings. The molecular weight excluding hydrogens is 357 g/mol. The topological polar surface area (TPSA) is 40.7 Å². The van der Waals surface area contributed by atoms with E-state index < -0.39 is 0 Å². The number of hydrogen-bond donors (Lipinski definition) is 2. The number of aromatic amines is 1. The van der Waals surface area contributed by atoms with E-state index in [-0.39, 0.29) is 5.82 Å². The third kappa shape index (κ3) is 2.63. The molecule has 3 nitrogen and oxygen atoms in total. The zero-order valence-corrected chi connectivity index (χ0v) is 13.5. The van der Waals surface area contributed by atoms with E-state index in [1.54, 1.807) is 12.1 Å². The van der Waals surface area contributed by atoms with E-state index in [4.69, 9.17) is 11.6 Å². The van der Waals surface area contributed by atoms with Crippen LogP contribution in [0.4, 0.5) is 15.8 Å². The molecule has 2 aromatic carbocycles. The summed E-state index contributed by atoms with van der Waals surface area (Å²) in [6.07, 6.45) is 2.19. The van der Waals surface area contributed by atoms with Crippen LogP contribution in [0.25, 0.3) is 11.0 Å². The van der Waals surface area contributed by atoms with Gasteiger partial charge in [-0.3, -0.25) is 0 Å². The summed E-state index contributed by atoms with van der Waals surface area (Å²) in [5.74, 6) is -0.371. The Kier molecular flexibility index (Phi) is 3.87. The monoisotopic (exact) mass is 367 g/mol. The van der Waals surface area contributed by atoms with Gasteiger partial charge in [-0.25, -0.2) is 9.37 Å². The number of rotatable bonds is 3. The molecule has 3 rings (SSSR count). The van der Waals surface area contributed by atoms with Crippen molar-refractivity contribution in [3.8, 4) is 0 Å². The van der Waals surface area contributed by atoms with Crippen LogP contribution in [0, 0.1) is 5.82 Å². The van der Waals surface area contributed by atoms with Gasteiger partial charge in [0.2, 0.25) is 0 Å². The lowest BCUT2D eigenvalue weighted by Gasteiger charge is -2.14. The van der Waals surface area contributed by atoms with Gasteiger partial charge in [0.1, 0.15) is 5.52 Å². The van der Waals surface area contributed by atoms with Gasteiger partial charge in [0, 0.05) is 4.47 Å². The molecule has 0 atom stereocenters. The van der Waals surface area contributed by atoms with Gasteiger partial charge in [-0.15, -0.1) is 0 Å². The summed E-state index contributed by atoms with van der Waals surface area (Å²) >= 11 is 9.54. The first kappa shape index (κ1) is 14.4. The molecule has 0 saturated carbocycles. The normalized spacial score (nSPS) is 11.0. The number of fused-ring (bicyclic) bond motifs is 1. The Balaban J connectivity index is 2.12. The third-order valence-electron chi connectivity index (χ3n) is 3.31. The maximum atomic E-state index is 14.6. The van der Waals surface area contributed by atoms with E-state index in [0.717, 1.165) is 10.0 Å². The lowest BCUT2D eigenvalue weighted by Crippen LogP contribution is -2.00. The van der Waals surface area contributed by atoms with Crippen LogP contribution in [0.2, 0.25) is 5.02 Å². The van der Waals surface area contributed by atoms with E-state index in [1.807, 2.05) is 19.1 Å². The highest BCUT2D eigenvalue weighted by Gasteiger charge is 2.15. The SMILES string of the molecule is CCc1cc2[nH]cnc2c(F)c1Nc1ccc(Br)cc1Cl. The Bertz CT molecular complexity index is 816. The van der Waals surface area contributed by atoms with Crippen LogP contribution in [0.3, 0.4) is 0 Å². The molecule has 0 spiro atoms. The Hall–Kier alpha value is -1.59. The second-order valence-corrected chi connectivity index (χ2v) is 5.95. The van der Waals surface area contributed by atoms with Crippen molar-refractivity contribution in [2.24, 2.45) is 0 Å². The van der Waals surface area contributed by atoms with E-state index in [0.29, 0.717) is 33.9 Å². The average molecular weight is 369 g/mol. The Morgan fingerprint density at radius 2 is 2.19 bits per heavy atom. The minimum absolute atomic E-state index is 0.322. The van der Waals surface area contributed by atoms with Crippen LogP contribution in [-0.4, -0.2) is 9.97 Å². The highest BCUT2D eigenvalue weighted by atomic mass is 79.9. The minimum Gasteiger partial charge on any atom is -0.352 e. The molecule has 0 amide bonds. The first-order valence-electron chi connectivity index (χ1n) is 6.46. The predicted octanol–water partition coefficient (Wildman–Crippen LogP) is 5.42. The fourth-order valence-corrected chi connectivity index (χ4v) is 2.96. The number of nitrogens with one attached hydrogen (secondary N) is 2. The van der Waals surface area contributed by atoms with Crippen molar-refractivity contribution in [3.63, 3.8) is 0 Å². The molecule has 0 aliphatic heterocycles. The number of aryl methyl sites for hydroxylation is 1. The van der Waals surface area contributed by atoms with E-state index in [2.05, 4.69) is 31.2 Å². The Labute approximate surface area is 134 Å². The molecular formula is C15H12BrClFN3. The van der Waals surface area contributed by atoms with Crippen molar-refractivity contribution in [1.82, 2.24) is 9.97 Å². The van der Waals surface area contributed by atoms with Crippen molar-refractivity contribution >= 4 is 49.9 Å². The average Bonchev–Trinajstić information content (AvgIpc) is 2.92. The number of hydrogen-bond acceptors (Lipinski definition) is 2. The number of imidazole rings is 1. The Morgan fingerprint density at radius 3 is 2.90 bits per heavy atom. The van der Waals surface area contributed by atoms with Crippen molar-refractivity contribution in [2.45, 2.75) is 13.3 Å². The van der Waals surface area contributed by atoms with E-state index >= 15 is 0 Å². The molecule has 0 unspecified atom stereocenters. The van der Waals surface area contributed by atoms with Crippen LogP contribution in [0.5, 0.6) is 0 Å². The van der Waals surface area contributed by atoms with Crippen molar-refractivity contribution in [3.05, 3.63) is 51.5 Å². The van der Waals surface area contributed by atoms with Gasteiger partial charge < -0.3 is 10.3 Å². The second kappa shape index (κ2) is 5.66. The molecule has 2 N–H and O–H groups in total. The number of H-pyrrole nitrogens is 1. The molecule has 3 aromatic rings. The van der Waals surface area contributed by atoms with Crippen LogP contribution in [-0.2, 0) is 6.42 Å². The smallest absolute Gasteiger partial charge is 0.174 e. The minimum atomic E-state index is -0.371. The summed E-state index contributed by atoms with van der Waals surface area (Å²) in [4.78, 5) is 6.96. The zero-order chi connectivity index (χ0) is 15.0. The molecule has 0 aliphatic carbocycles. The second-order valence-electron chi connectivity index (χ2n) is 4.63. The Morgan fingerprint density at radius 1 is 1.38 bits per heavy atom. The van der Waals surface area contributed by atoms with Crippen LogP contribution < -0.4 is 5.32 Å². The van der Waals surface area contributed by atoms with Crippen molar-refractivity contribution in [2.75, 3.05) is 5.32 Å². The van der Waals surface area contributed by atoms with Gasteiger partial charge in [-0.1, -0.05) is 34.5 Å². The van der Waals surface area contributed by atoms with E-state index in [1.165, 1.54) is 6.33 Å². The van der Waals surface area contributed by atoms with Crippen LogP contribution in [0.1, 0.15) is 12.5 Å². The standard InChI is InChI=1S/C15H12BrClFN3/c1-2-8-5-12-15(20-7-19-12)13(18)14(8)21-11-4-3-9(16)6-10(11)17/h3-7,21H,2H2,1H3,(H,19,20). The highest BCUT2D eigenvalue weighted by molar-refractivity contribution is 9.10. The molecule has 0 aliphatic rings. The summed E-state index contributed by atoms with van der Waals surface area (Å²) in [7, 11) is 0. The number of benzene rings is 2. The molecule has 1 aromatic heterocycles. The van der Waals surface area contributed by atoms with Gasteiger partial charge in [0.05, 0.1) is 28.2 Å². The van der Waals surface area contributed by atoms with Crippen LogP contribution in [0.15, 0.2) is 35.1 Å². The quantitative estimate of drug-likeness (QED) is 0.647. The first-order chi connectivity index (χ1) is 10.1. The lowest BCUT2D eigenvalue weighted by molar-refractivity contribution is 0.639. The molecule has 1 heterocycles. The third-order valence-corrected chi connectivity index (χ3v) is 4.11. The summed E-state index contributed by atoms with van der Waals surface area (Å²) in [6.45, 7) is 1.98. The summed E-state index contributed by atoms with van der Waals surface area (Å²) in [5, 5.41) is 3.61. The molecule has 0 radical (unpaired) electrons. The first-order valence-corrected chi connectivity index (χ1v) is 7.63. The lowest BCUT2D eigenvalue weighted by atomic mass is 10.1. The van der Waals surface area contributed by atoms with Gasteiger partial charge in [-0.2, -0.15) is 0 Å². The molecule has 0 bridgehead atoms. The van der Waals surface area contributed by atoms with Crippen LogP contribution >= 0.6 is 27.5 Å². The zero-order valence-electron chi connectivity index (χ0n) is 11.2. The molecule has 108 valence electrons.